The highest BCUT2D eigenvalue weighted by Gasteiger charge is 2.31. The number of nitrogens with one attached hydrogen (secondary N) is 1. The molecule has 0 saturated carbocycles. The number of piperidine rings is 1. The van der Waals surface area contributed by atoms with E-state index in [9.17, 15) is 9.59 Å². The Morgan fingerprint density at radius 3 is 2.67 bits per heavy atom. The van der Waals surface area contributed by atoms with Crippen molar-refractivity contribution in [2.75, 3.05) is 31.7 Å². The van der Waals surface area contributed by atoms with Crippen molar-refractivity contribution in [3.8, 4) is 11.5 Å². The van der Waals surface area contributed by atoms with E-state index in [0.717, 1.165) is 25.8 Å². The van der Waals surface area contributed by atoms with Crippen LogP contribution in [0.3, 0.4) is 0 Å². The Balaban J connectivity index is 1.32. The first-order valence-corrected chi connectivity index (χ1v) is 8.46. The fraction of sp³-hybridized carbons (Fsp3) is 0.529. The van der Waals surface area contributed by atoms with E-state index in [1.54, 1.807) is 18.2 Å². The fourth-order valence-corrected chi connectivity index (χ4v) is 3.61. The quantitative estimate of drug-likeness (QED) is 0.900. The molecule has 3 aliphatic heterocycles. The summed E-state index contributed by atoms with van der Waals surface area (Å²) in [6, 6.07) is 5.55. The minimum absolute atomic E-state index is 0.111. The summed E-state index contributed by atoms with van der Waals surface area (Å²) in [5.41, 5.74) is 0.695. The van der Waals surface area contributed by atoms with E-state index >= 15 is 0 Å². The van der Waals surface area contributed by atoms with Gasteiger partial charge in [-0.1, -0.05) is 0 Å². The first-order chi connectivity index (χ1) is 11.7. The van der Waals surface area contributed by atoms with Crippen LogP contribution < -0.4 is 14.8 Å². The van der Waals surface area contributed by atoms with Crippen molar-refractivity contribution in [3.05, 3.63) is 18.2 Å². The Kier molecular flexibility index (Phi) is 3.92. The average Bonchev–Trinajstić information content (AvgIpc) is 3.23. The van der Waals surface area contributed by atoms with E-state index < -0.39 is 0 Å². The molecule has 0 bridgehead atoms. The highest BCUT2D eigenvalue weighted by Crippen LogP contribution is 2.34. The van der Waals surface area contributed by atoms with Gasteiger partial charge >= 0.3 is 6.03 Å². The summed E-state index contributed by atoms with van der Waals surface area (Å²) >= 11 is 0. The highest BCUT2D eigenvalue weighted by atomic mass is 16.7. The Bertz CT molecular complexity index is 655. The molecule has 0 unspecified atom stereocenters. The van der Waals surface area contributed by atoms with Gasteiger partial charge in [-0.2, -0.15) is 0 Å². The predicted octanol–water partition coefficient (Wildman–Crippen LogP) is 2.03. The topological polar surface area (TPSA) is 71.1 Å². The third-order valence-corrected chi connectivity index (χ3v) is 4.93. The number of hydrogen-bond donors (Lipinski definition) is 1. The molecule has 0 atom stereocenters. The number of amides is 3. The zero-order valence-corrected chi connectivity index (χ0v) is 13.5. The molecule has 0 radical (unpaired) electrons. The maximum absolute atomic E-state index is 12.4. The molecule has 3 heterocycles. The van der Waals surface area contributed by atoms with Gasteiger partial charge in [0.1, 0.15) is 0 Å². The molecular formula is C17H21N3O4. The maximum atomic E-state index is 12.4. The van der Waals surface area contributed by atoms with Gasteiger partial charge in [-0.15, -0.1) is 0 Å². The molecule has 7 heteroatoms. The lowest BCUT2D eigenvalue weighted by Crippen LogP contribution is -2.48. The Hall–Kier alpha value is -2.44. The number of nitrogens with zero attached hydrogens (tertiary/aromatic N) is 2. The Morgan fingerprint density at radius 1 is 1.12 bits per heavy atom. The van der Waals surface area contributed by atoms with Crippen molar-refractivity contribution >= 4 is 17.6 Å². The lowest BCUT2D eigenvalue weighted by Gasteiger charge is -2.36. The summed E-state index contributed by atoms with van der Waals surface area (Å²) in [7, 11) is 0. The van der Waals surface area contributed by atoms with E-state index in [4.69, 9.17) is 9.47 Å². The zero-order chi connectivity index (χ0) is 16.5. The number of likely N-dealkylation sites (tertiary alicyclic amines) is 2. The normalized spacial score (nSPS) is 20.6. The minimum atomic E-state index is -0.111. The molecule has 3 aliphatic rings. The summed E-state index contributed by atoms with van der Waals surface area (Å²) in [4.78, 5) is 28.1. The molecule has 128 valence electrons. The first kappa shape index (κ1) is 15.1. The number of urea groups is 1. The van der Waals surface area contributed by atoms with Crippen LogP contribution in [0.4, 0.5) is 10.5 Å². The highest BCUT2D eigenvalue weighted by molar-refractivity contribution is 5.90. The molecule has 2 fully saturated rings. The van der Waals surface area contributed by atoms with Crippen LogP contribution >= 0.6 is 0 Å². The largest absolute Gasteiger partial charge is 0.454 e. The van der Waals surface area contributed by atoms with E-state index in [-0.39, 0.29) is 24.8 Å². The second kappa shape index (κ2) is 6.22. The smallest absolute Gasteiger partial charge is 0.321 e. The van der Waals surface area contributed by atoms with Crippen LogP contribution in [0.5, 0.6) is 11.5 Å². The first-order valence-electron chi connectivity index (χ1n) is 8.46. The number of carbonyl (C=O) groups excluding carboxylic acids is 2. The molecule has 0 aliphatic carbocycles. The van der Waals surface area contributed by atoms with Crippen LogP contribution in [-0.4, -0.2) is 54.2 Å². The predicted molar refractivity (Wildman–Crippen MR) is 87.1 cm³/mol. The standard InChI is InChI=1S/C17H21N3O4/c21-16-2-1-7-20(16)13-5-8-19(9-6-13)17(22)18-12-3-4-14-15(10-12)24-11-23-14/h3-4,10,13H,1-2,5-9,11H2,(H,18,22). The van der Waals surface area contributed by atoms with Crippen LogP contribution in [0.15, 0.2) is 18.2 Å². The fourth-order valence-electron chi connectivity index (χ4n) is 3.61. The number of hydrogen-bond acceptors (Lipinski definition) is 4. The number of rotatable bonds is 2. The zero-order valence-electron chi connectivity index (χ0n) is 13.5. The second-order valence-electron chi connectivity index (χ2n) is 6.41. The number of benzene rings is 1. The molecule has 1 N–H and O–H groups in total. The van der Waals surface area contributed by atoms with Gasteiger partial charge in [-0.3, -0.25) is 4.79 Å². The van der Waals surface area contributed by atoms with E-state index in [1.165, 1.54) is 0 Å². The van der Waals surface area contributed by atoms with Crippen molar-refractivity contribution in [1.29, 1.82) is 0 Å². The molecule has 4 rings (SSSR count). The summed E-state index contributed by atoms with van der Waals surface area (Å²) in [6.45, 7) is 2.43. The Labute approximate surface area is 140 Å². The minimum Gasteiger partial charge on any atom is -0.454 e. The van der Waals surface area contributed by atoms with Crippen molar-refractivity contribution < 1.29 is 19.1 Å². The van der Waals surface area contributed by atoms with Crippen LogP contribution in [-0.2, 0) is 4.79 Å². The van der Waals surface area contributed by atoms with Gasteiger partial charge in [0.15, 0.2) is 11.5 Å². The van der Waals surface area contributed by atoms with E-state index in [1.807, 2.05) is 9.80 Å². The van der Waals surface area contributed by atoms with E-state index in [2.05, 4.69) is 5.32 Å². The van der Waals surface area contributed by atoms with Crippen molar-refractivity contribution in [2.24, 2.45) is 0 Å². The SMILES string of the molecule is O=C(Nc1ccc2c(c1)OCO2)N1CCC(N2CCCC2=O)CC1. The van der Waals surface area contributed by atoms with E-state index in [0.29, 0.717) is 36.7 Å². The monoisotopic (exact) mass is 331 g/mol. The number of fused-ring (bicyclic) bond motifs is 1. The lowest BCUT2D eigenvalue weighted by atomic mass is 10.0. The van der Waals surface area contributed by atoms with Crippen molar-refractivity contribution in [2.45, 2.75) is 31.7 Å². The summed E-state index contributed by atoms with van der Waals surface area (Å²) in [5, 5.41) is 2.91. The second-order valence-corrected chi connectivity index (χ2v) is 6.41. The molecule has 1 aromatic carbocycles. The number of anilines is 1. The van der Waals surface area contributed by atoms with Crippen LogP contribution in [0, 0.1) is 0 Å². The lowest BCUT2D eigenvalue weighted by molar-refractivity contribution is -0.130. The molecule has 0 spiro atoms. The average molecular weight is 331 g/mol. The third kappa shape index (κ3) is 2.86. The number of carbonyl (C=O) groups is 2. The molecular weight excluding hydrogens is 310 g/mol. The van der Waals surface area contributed by atoms with Gasteiger partial charge in [0.25, 0.3) is 0 Å². The van der Waals surface area contributed by atoms with Gasteiger partial charge in [0.2, 0.25) is 12.7 Å². The molecule has 2 saturated heterocycles. The van der Waals surface area contributed by atoms with Gasteiger partial charge < -0.3 is 24.6 Å². The molecule has 24 heavy (non-hydrogen) atoms. The van der Waals surface area contributed by atoms with Crippen molar-refractivity contribution in [3.63, 3.8) is 0 Å². The van der Waals surface area contributed by atoms with Gasteiger partial charge in [0.05, 0.1) is 0 Å². The van der Waals surface area contributed by atoms with Gasteiger partial charge in [-0.05, 0) is 31.4 Å². The molecule has 3 amide bonds. The summed E-state index contributed by atoms with van der Waals surface area (Å²) in [6.07, 6.45) is 3.33. The Morgan fingerprint density at radius 2 is 1.92 bits per heavy atom. The third-order valence-electron chi connectivity index (χ3n) is 4.93. The molecule has 0 aromatic heterocycles. The molecule has 7 nitrogen and oxygen atoms in total. The number of ether oxygens (including phenoxy) is 2. The maximum Gasteiger partial charge on any atom is 0.321 e. The van der Waals surface area contributed by atoms with Crippen molar-refractivity contribution in [1.82, 2.24) is 9.80 Å². The van der Waals surface area contributed by atoms with Gasteiger partial charge in [-0.25, -0.2) is 4.79 Å². The summed E-state index contributed by atoms with van der Waals surface area (Å²) in [5.74, 6) is 1.61. The van der Waals surface area contributed by atoms with Crippen LogP contribution in [0.2, 0.25) is 0 Å². The van der Waals surface area contributed by atoms with Gasteiger partial charge in [0, 0.05) is 43.9 Å². The molecule has 1 aromatic rings. The van der Waals surface area contributed by atoms with Crippen LogP contribution in [0.1, 0.15) is 25.7 Å². The van der Waals surface area contributed by atoms with Crippen LogP contribution in [0.25, 0.3) is 0 Å². The summed E-state index contributed by atoms with van der Waals surface area (Å²) < 4.78 is 10.6.